The Bertz CT molecular complexity index is 568. The van der Waals surface area contributed by atoms with E-state index in [1.807, 2.05) is 31.6 Å². The number of rotatable bonds is 8. The summed E-state index contributed by atoms with van der Waals surface area (Å²) in [5.41, 5.74) is 5.11. The highest BCUT2D eigenvalue weighted by molar-refractivity contribution is 7.09. The van der Waals surface area contributed by atoms with Gasteiger partial charge in [0.1, 0.15) is 5.75 Å². The summed E-state index contributed by atoms with van der Waals surface area (Å²) in [6, 6.07) is 2.02. The van der Waals surface area contributed by atoms with Gasteiger partial charge in [-0.1, -0.05) is 6.92 Å². The first kappa shape index (κ1) is 15.9. The van der Waals surface area contributed by atoms with E-state index in [2.05, 4.69) is 22.2 Å². The molecule has 21 heavy (non-hydrogen) atoms. The summed E-state index contributed by atoms with van der Waals surface area (Å²) in [6.07, 6.45) is 3.94. The van der Waals surface area contributed by atoms with Crippen molar-refractivity contribution in [2.24, 2.45) is 0 Å². The smallest absolute Gasteiger partial charge is 0.127 e. The van der Waals surface area contributed by atoms with E-state index in [1.165, 1.54) is 4.88 Å². The zero-order valence-electron chi connectivity index (χ0n) is 13.0. The maximum absolute atomic E-state index is 5.98. The summed E-state index contributed by atoms with van der Waals surface area (Å²) in [5, 5.41) is 3.40. The van der Waals surface area contributed by atoms with Crippen molar-refractivity contribution in [1.82, 2.24) is 15.3 Å². The number of ether oxygens (including phenoxy) is 1. The molecule has 0 aliphatic rings. The van der Waals surface area contributed by atoms with E-state index in [0.717, 1.165) is 48.6 Å². The highest BCUT2D eigenvalue weighted by Crippen LogP contribution is 2.20. The van der Waals surface area contributed by atoms with Gasteiger partial charge in [0.05, 0.1) is 17.8 Å². The van der Waals surface area contributed by atoms with E-state index in [0.29, 0.717) is 6.61 Å². The minimum absolute atomic E-state index is 0.674. The third-order valence-corrected chi connectivity index (χ3v) is 4.25. The third kappa shape index (κ3) is 4.79. The van der Waals surface area contributed by atoms with Gasteiger partial charge in [-0.2, -0.15) is 0 Å². The van der Waals surface area contributed by atoms with Crippen molar-refractivity contribution in [2.45, 2.75) is 40.2 Å². The summed E-state index contributed by atoms with van der Waals surface area (Å²) in [5.74, 6) is 0.938. The molecule has 0 amide bonds. The fourth-order valence-electron chi connectivity index (χ4n) is 2.05. The van der Waals surface area contributed by atoms with Gasteiger partial charge in [-0.15, -0.1) is 11.3 Å². The number of nitrogens with zero attached hydrogens (tertiary/aromatic N) is 2. The average molecular weight is 305 g/mol. The van der Waals surface area contributed by atoms with Crippen LogP contribution in [0, 0.1) is 13.8 Å². The van der Waals surface area contributed by atoms with Crippen molar-refractivity contribution in [2.75, 3.05) is 13.2 Å². The molecule has 0 radical (unpaired) electrons. The van der Waals surface area contributed by atoms with Crippen LogP contribution in [0.25, 0.3) is 0 Å². The maximum Gasteiger partial charge on any atom is 0.127 e. The van der Waals surface area contributed by atoms with Crippen LogP contribution in [0.5, 0.6) is 5.75 Å². The SMILES string of the molecule is CCCNCc1cnc(C)cc1OCCc1scnc1C. The molecule has 0 aromatic carbocycles. The van der Waals surface area contributed by atoms with Gasteiger partial charge in [0.15, 0.2) is 0 Å². The van der Waals surface area contributed by atoms with Gasteiger partial charge < -0.3 is 10.1 Å². The van der Waals surface area contributed by atoms with Crippen LogP contribution in [0.1, 0.15) is 35.2 Å². The first-order chi connectivity index (χ1) is 10.2. The number of thiazole rings is 1. The van der Waals surface area contributed by atoms with E-state index in [9.17, 15) is 0 Å². The van der Waals surface area contributed by atoms with Crippen LogP contribution in [0.2, 0.25) is 0 Å². The van der Waals surface area contributed by atoms with Gasteiger partial charge in [0.25, 0.3) is 0 Å². The standard InChI is InChI=1S/C16H23N3OS/c1-4-6-17-9-14-10-18-12(2)8-15(14)20-7-5-16-13(3)19-11-21-16/h8,10-11,17H,4-7,9H2,1-3H3. The normalized spacial score (nSPS) is 10.8. The fourth-order valence-corrected chi connectivity index (χ4v) is 2.81. The number of pyridine rings is 1. The summed E-state index contributed by atoms with van der Waals surface area (Å²) in [4.78, 5) is 9.93. The first-order valence-corrected chi connectivity index (χ1v) is 8.26. The van der Waals surface area contributed by atoms with Gasteiger partial charge in [-0.3, -0.25) is 4.98 Å². The van der Waals surface area contributed by atoms with Crippen molar-refractivity contribution in [3.63, 3.8) is 0 Å². The minimum Gasteiger partial charge on any atom is -0.493 e. The number of nitrogens with one attached hydrogen (secondary N) is 1. The lowest BCUT2D eigenvalue weighted by atomic mass is 10.2. The average Bonchev–Trinajstić information content (AvgIpc) is 2.87. The van der Waals surface area contributed by atoms with Crippen molar-refractivity contribution in [3.8, 4) is 5.75 Å². The molecule has 0 aliphatic heterocycles. The molecule has 0 spiro atoms. The zero-order chi connectivity index (χ0) is 15.1. The highest BCUT2D eigenvalue weighted by Gasteiger charge is 2.07. The Morgan fingerprint density at radius 2 is 2.14 bits per heavy atom. The van der Waals surface area contributed by atoms with Gasteiger partial charge in [-0.05, 0) is 26.8 Å². The second kappa shape index (κ2) is 8.10. The van der Waals surface area contributed by atoms with Gasteiger partial charge in [0.2, 0.25) is 0 Å². The Hall–Kier alpha value is -1.46. The lowest BCUT2D eigenvalue weighted by Gasteiger charge is -2.12. The van der Waals surface area contributed by atoms with Crippen molar-refractivity contribution < 1.29 is 4.74 Å². The number of aryl methyl sites for hydroxylation is 2. The van der Waals surface area contributed by atoms with Crippen LogP contribution >= 0.6 is 11.3 Å². The molecule has 2 heterocycles. The van der Waals surface area contributed by atoms with Crippen molar-refractivity contribution in [1.29, 1.82) is 0 Å². The minimum atomic E-state index is 0.674. The lowest BCUT2D eigenvalue weighted by Crippen LogP contribution is -2.15. The van der Waals surface area contributed by atoms with E-state index in [-0.39, 0.29) is 0 Å². The molecule has 0 unspecified atom stereocenters. The number of aromatic nitrogens is 2. The summed E-state index contributed by atoms with van der Waals surface area (Å²) in [7, 11) is 0. The highest BCUT2D eigenvalue weighted by atomic mass is 32.1. The molecule has 0 fully saturated rings. The Morgan fingerprint density at radius 3 is 2.86 bits per heavy atom. The molecule has 0 atom stereocenters. The summed E-state index contributed by atoms with van der Waals surface area (Å²) >= 11 is 1.69. The molecule has 4 nitrogen and oxygen atoms in total. The lowest BCUT2D eigenvalue weighted by molar-refractivity contribution is 0.317. The van der Waals surface area contributed by atoms with Crippen molar-refractivity contribution >= 4 is 11.3 Å². The fraction of sp³-hybridized carbons (Fsp3) is 0.500. The zero-order valence-corrected chi connectivity index (χ0v) is 13.8. The van der Waals surface area contributed by atoms with Gasteiger partial charge >= 0.3 is 0 Å². The molecular formula is C16H23N3OS. The maximum atomic E-state index is 5.98. The molecule has 2 aromatic heterocycles. The Morgan fingerprint density at radius 1 is 1.29 bits per heavy atom. The third-order valence-electron chi connectivity index (χ3n) is 3.25. The Balaban J connectivity index is 1.94. The van der Waals surface area contributed by atoms with Gasteiger partial charge in [0, 0.05) is 41.4 Å². The summed E-state index contributed by atoms with van der Waals surface area (Å²) < 4.78 is 5.98. The van der Waals surface area contributed by atoms with Crippen LogP contribution in [0.15, 0.2) is 17.8 Å². The molecule has 0 saturated carbocycles. The van der Waals surface area contributed by atoms with Crippen LogP contribution in [-0.2, 0) is 13.0 Å². The molecule has 114 valence electrons. The Kier molecular flexibility index (Phi) is 6.14. The molecular weight excluding hydrogens is 282 g/mol. The topological polar surface area (TPSA) is 47.0 Å². The van der Waals surface area contributed by atoms with Crippen LogP contribution in [-0.4, -0.2) is 23.1 Å². The molecule has 0 aliphatic carbocycles. The largest absolute Gasteiger partial charge is 0.493 e. The van der Waals surface area contributed by atoms with E-state index in [1.54, 1.807) is 11.3 Å². The molecule has 2 rings (SSSR count). The molecule has 5 heteroatoms. The Labute approximate surface area is 130 Å². The summed E-state index contributed by atoms with van der Waals surface area (Å²) in [6.45, 7) is 8.68. The van der Waals surface area contributed by atoms with Crippen LogP contribution in [0.4, 0.5) is 0 Å². The van der Waals surface area contributed by atoms with Crippen LogP contribution < -0.4 is 10.1 Å². The van der Waals surface area contributed by atoms with E-state index >= 15 is 0 Å². The predicted molar refractivity (Wildman–Crippen MR) is 87.0 cm³/mol. The predicted octanol–water partition coefficient (Wildman–Crippen LogP) is 3.28. The molecule has 1 N–H and O–H groups in total. The second-order valence-electron chi connectivity index (χ2n) is 5.07. The monoisotopic (exact) mass is 305 g/mol. The van der Waals surface area contributed by atoms with Gasteiger partial charge in [-0.25, -0.2) is 4.98 Å². The molecule has 2 aromatic rings. The van der Waals surface area contributed by atoms with Crippen LogP contribution in [0.3, 0.4) is 0 Å². The quantitative estimate of drug-likeness (QED) is 0.760. The van der Waals surface area contributed by atoms with Crippen molar-refractivity contribution in [3.05, 3.63) is 39.6 Å². The number of hydrogen-bond donors (Lipinski definition) is 1. The second-order valence-corrected chi connectivity index (χ2v) is 6.01. The molecule has 0 saturated heterocycles. The number of hydrogen-bond acceptors (Lipinski definition) is 5. The molecule has 0 bridgehead atoms. The van der Waals surface area contributed by atoms with E-state index < -0.39 is 0 Å². The first-order valence-electron chi connectivity index (χ1n) is 7.38. The van der Waals surface area contributed by atoms with E-state index in [4.69, 9.17) is 4.74 Å².